The predicted octanol–water partition coefficient (Wildman–Crippen LogP) is 4.09. The van der Waals surface area contributed by atoms with Crippen molar-refractivity contribution in [2.75, 3.05) is 12.4 Å². The second kappa shape index (κ2) is 8.06. The van der Waals surface area contributed by atoms with Gasteiger partial charge in [0, 0.05) is 11.3 Å². The molecule has 0 saturated carbocycles. The number of carbonyl (C=O) groups is 2. The molecule has 0 spiro atoms. The fraction of sp³-hybridized carbons (Fsp3) is 0.0455. The molecule has 0 atom stereocenters. The molecule has 6 nitrogen and oxygen atoms in total. The number of carboxylic acids is 1. The Morgan fingerprint density at radius 3 is 2.61 bits per heavy atom. The first-order chi connectivity index (χ1) is 13.5. The number of amides is 1. The standard InChI is InChI=1S/C22H16N2O4/c1-28-20-10-9-14-5-2-3-8-18(14)19(20)12-16(13-23)21(25)24-17-7-4-6-15(11-17)22(26)27/h2-12H,1H3,(H,24,25)(H,26,27). The van der Waals surface area contributed by atoms with E-state index in [1.165, 1.54) is 31.4 Å². The molecule has 0 aliphatic carbocycles. The van der Waals surface area contributed by atoms with Crippen molar-refractivity contribution < 1.29 is 19.4 Å². The maximum Gasteiger partial charge on any atom is 0.335 e. The van der Waals surface area contributed by atoms with Crippen LogP contribution in [0.15, 0.2) is 66.2 Å². The first-order valence-electron chi connectivity index (χ1n) is 8.35. The lowest BCUT2D eigenvalue weighted by Gasteiger charge is -2.10. The fourth-order valence-electron chi connectivity index (χ4n) is 2.82. The first-order valence-corrected chi connectivity index (χ1v) is 8.35. The van der Waals surface area contributed by atoms with E-state index in [0.717, 1.165) is 10.8 Å². The molecule has 0 bridgehead atoms. The Labute approximate surface area is 161 Å². The summed E-state index contributed by atoms with van der Waals surface area (Å²) in [6, 6.07) is 19.0. The maximum absolute atomic E-state index is 12.6. The minimum atomic E-state index is -1.10. The van der Waals surface area contributed by atoms with E-state index in [4.69, 9.17) is 9.84 Å². The lowest BCUT2D eigenvalue weighted by Crippen LogP contribution is -2.14. The van der Waals surface area contributed by atoms with Gasteiger partial charge in [0.05, 0.1) is 12.7 Å². The summed E-state index contributed by atoms with van der Waals surface area (Å²) in [5, 5.41) is 22.9. The average Bonchev–Trinajstić information content (AvgIpc) is 2.71. The highest BCUT2D eigenvalue weighted by Crippen LogP contribution is 2.30. The molecule has 1 amide bonds. The number of benzene rings is 3. The Bertz CT molecular complexity index is 1140. The summed E-state index contributed by atoms with van der Waals surface area (Å²) in [5.74, 6) is -1.21. The summed E-state index contributed by atoms with van der Waals surface area (Å²) in [6.45, 7) is 0. The van der Waals surface area contributed by atoms with Gasteiger partial charge in [-0.15, -0.1) is 0 Å². The van der Waals surface area contributed by atoms with Crippen molar-refractivity contribution in [3.63, 3.8) is 0 Å². The van der Waals surface area contributed by atoms with E-state index < -0.39 is 11.9 Å². The summed E-state index contributed by atoms with van der Waals surface area (Å²) >= 11 is 0. The summed E-state index contributed by atoms with van der Waals surface area (Å²) in [6.07, 6.45) is 1.47. The van der Waals surface area contributed by atoms with Gasteiger partial charge in [0.1, 0.15) is 17.4 Å². The van der Waals surface area contributed by atoms with Crippen molar-refractivity contribution in [1.82, 2.24) is 0 Å². The van der Waals surface area contributed by atoms with Gasteiger partial charge < -0.3 is 15.2 Å². The van der Waals surface area contributed by atoms with E-state index >= 15 is 0 Å². The largest absolute Gasteiger partial charge is 0.496 e. The van der Waals surface area contributed by atoms with E-state index in [9.17, 15) is 14.9 Å². The molecular weight excluding hydrogens is 356 g/mol. The number of anilines is 1. The SMILES string of the molecule is COc1ccc2ccccc2c1C=C(C#N)C(=O)Nc1cccc(C(=O)O)c1. The minimum Gasteiger partial charge on any atom is -0.496 e. The van der Waals surface area contributed by atoms with Crippen LogP contribution in [-0.4, -0.2) is 24.1 Å². The number of methoxy groups -OCH3 is 1. The van der Waals surface area contributed by atoms with Crippen LogP contribution in [0.4, 0.5) is 5.69 Å². The second-order valence-corrected chi connectivity index (χ2v) is 5.91. The van der Waals surface area contributed by atoms with Crippen molar-refractivity contribution in [2.45, 2.75) is 0 Å². The molecule has 0 fully saturated rings. The number of hydrogen-bond acceptors (Lipinski definition) is 4. The van der Waals surface area contributed by atoms with Crippen LogP contribution in [0.2, 0.25) is 0 Å². The number of hydrogen-bond donors (Lipinski definition) is 2. The number of rotatable bonds is 5. The van der Waals surface area contributed by atoms with Crippen molar-refractivity contribution >= 4 is 34.4 Å². The van der Waals surface area contributed by atoms with Crippen molar-refractivity contribution in [1.29, 1.82) is 5.26 Å². The topological polar surface area (TPSA) is 99.4 Å². The van der Waals surface area contributed by atoms with Crippen LogP contribution in [0, 0.1) is 11.3 Å². The number of carboxylic acid groups (broad SMARTS) is 1. The summed E-state index contributed by atoms with van der Waals surface area (Å²) in [4.78, 5) is 23.6. The zero-order valence-electron chi connectivity index (χ0n) is 15.0. The molecule has 0 aromatic heterocycles. The van der Waals surface area contributed by atoms with Gasteiger partial charge in [0.2, 0.25) is 0 Å². The fourth-order valence-corrected chi connectivity index (χ4v) is 2.82. The van der Waals surface area contributed by atoms with Crippen LogP contribution in [0.25, 0.3) is 16.8 Å². The number of carbonyl (C=O) groups excluding carboxylic acids is 1. The van der Waals surface area contributed by atoms with Crippen LogP contribution in [0.3, 0.4) is 0 Å². The first kappa shape index (κ1) is 18.7. The lowest BCUT2D eigenvalue weighted by atomic mass is 10.0. The van der Waals surface area contributed by atoms with Gasteiger partial charge in [-0.1, -0.05) is 36.4 Å². The van der Waals surface area contributed by atoms with Crippen LogP contribution >= 0.6 is 0 Å². The zero-order chi connectivity index (χ0) is 20.1. The van der Waals surface area contributed by atoms with Crippen LogP contribution in [0.1, 0.15) is 15.9 Å². The molecule has 0 aliphatic heterocycles. The Balaban J connectivity index is 2.00. The number of nitrogens with zero attached hydrogens (tertiary/aromatic N) is 1. The second-order valence-electron chi connectivity index (χ2n) is 5.91. The van der Waals surface area contributed by atoms with Gasteiger partial charge in [0.15, 0.2) is 0 Å². The van der Waals surface area contributed by atoms with E-state index in [0.29, 0.717) is 11.3 Å². The summed E-state index contributed by atoms with van der Waals surface area (Å²) in [7, 11) is 1.52. The average molecular weight is 372 g/mol. The highest BCUT2D eigenvalue weighted by atomic mass is 16.5. The Hall–Kier alpha value is -4.11. The molecule has 138 valence electrons. The molecule has 3 aromatic rings. The van der Waals surface area contributed by atoms with Crippen molar-refractivity contribution in [3.05, 3.63) is 77.4 Å². The number of nitrogens with one attached hydrogen (secondary N) is 1. The van der Waals surface area contributed by atoms with E-state index in [1.807, 2.05) is 36.4 Å². The van der Waals surface area contributed by atoms with Gasteiger partial charge in [-0.25, -0.2) is 4.79 Å². The highest BCUT2D eigenvalue weighted by molar-refractivity contribution is 6.11. The van der Waals surface area contributed by atoms with Crippen molar-refractivity contribution in [3.8, 4) is 11.8 Å². The quantitative estimate of drug-likeness (QED) is 0.519. The van der Waals surface area contributed by atoms with Crippen LogP contribution < -0.4 is 10.1 Å². The van der Waals surface area contributed by atoms with Crippen molar-refractivity contribution in [2.24, 2.45) is 0 Å². The lowest BCUT2D eigenvalue weighted by molar-refractivity contribution is -0.112. The molecular formula is C22H16N2O4. The highest BCUT2D eigenvalue weighted by Gasteiger charge is 2.14. The number of fused-ring (bicyclic) bond motifs is 1. The van der Waals surface area contributed by atoms with Crippen LogP contribution in [-0.2, 0) is 4.79 Å². The predicted molar refractivity (Wildman–Crippen MR) is 106 cm³/mol. The van der Waals surface area contributed by atoms with E-state index in [-0.39, 0.29) is 16.8 Å². The van der Waals surface area contributed by atoms with Gasteiger partial charge >= 0.3 is 5.97 Å². The molecule has 0 saturated heterocycles. The van der Waals surface area contributed by atoms with Gasteiger partial charge in [-0.2, -0.15) is 5.26 Å². The number of aromatic carboxylic acids is 1. The molecule has 3 aromatic carbocycles. The zero-order valence-corrected chi connectivity index (χ0v) is 15.0. The normalized spacial score (nSPS) is 10.9. The number of nitriles is 1. The van der Waals surface area contributed by atoms with Crippen LogP contribution in [0.5, 0.6) is 5.75 Å². The molecule has 0 aliphatic rings. The molecule has 2 N–H and O–H groups in total. The molecule has 0 unspecified atom stereocenters. The summed E-state index contributed by atoms with van der Waals surface area (Å²) < 4.78 is 5.39. The Morgan fingerprint density at radius 1 is 1.11 bits per heavy atom. The van der Waals surface area contributed by atoms with Gasteiger partial charge in [-0.05, 0) is 41.1 Å². The summed E-state index contributed by atoms with van der Waals surface area (Å²) in [5.41, 5.74) is 0.814. The van der Waals surface area contributed by atoms with Gasteiger partial charge in [-0.3, -0.25) is 4.79 Å². The molecule has 3 rings (SSSR count). The molecule has 0 heterocycles. The van der Waals surface area contributed by atoms with E-state index in [1.54, 1.807) is 12.1 Å². The third-order valence-corrected chi connectivity index (χ3v) is 4.17. The third kappa shape index (κ3) is 3.84. The number of ether oxygens (including phenoxy) is 1. The third-order valence-electron chi connectivity index (χ3n) is 4.17. The monoisotopic (exact) mass is 372 g/mol. The van der Waals surface area contributed by atoms with Gasteiger partial charge in [0.25, 0.3) is 5.91 Å². The molecule has 6 heteroatoms. The smallest absolute Gasteiger partial charge is 0.335 e. The minimum absolute atomic E-state index is 0.0380. The molecule has 0 radical (unpaired) electrons. The Morgan fingerprint density at radius 2 is 1.89 bits per heavy atom. The maximum atomic E-state index is 12.6. The molecule has 28 heavy (non-hydrogen) atoms. The Kier molecular flexibility index (Phi) is 5.38. The van der Waals surface area contributed by atoms with E-state index in [2.05, 4.69) is 5.32 Å².